The van der Waals surface area contributed by atoms with Crippen molar-refractivity contribution in [3.05, 3.63) is 75.0 Å². The van der Waals surface area contributed by atoms with Crippen molar-refractivity contribution in [1.29, 1.82) is 0 Å². The molecule has 0 atom stereocenters. The molecule has 0 aliphatic carbocycles. The van der Waals surface area contributed by atoms with Gasteiger partial charge in [0.25, 0.3) is 0 Å². The summed E-state index contributed by atoms with van der Waals surface area (Å²) in [6, 6.07) is 8.88. The summed E-state index contributed by atoms with van der Waals surface area (Å²) in [6.07, 6.45) is -4.65. The van der Waals surface area contributed by atoms with Crippen LogP contribution in [-0.4, -0.2) is 12.6 Å². The van der Waals surface area contributed by atoms with Gasteiger partial charge in [0.1, 0.15) is 11.5 Å². The second kappa shape index (κ2) is 10.3. The van der Waals surface area contributed by atoms with Gasteiger partial charge in [0.2, 0.25) is 0 Å². The van der Waals surface area contributed by atoms with E-state index in [9.17, 15) is 26.7 Å². The number of thiophene rings is 1. The highest BCUT2D eigenvalue weighted by atomic mass is 32.1. The van der Waals surface area contributed by atoms with E-state index < -0.39 is 41.0 Å². The van der Waals surface area contributed by atoms with Crippen LogP contribution in [0.25, 0.3) is 11.1 Å². The van der Waals surface area contributed by atoms with E-state index in [0.717, 1.165) is 17.7 Å². The minimum absolute atomic E-state index is 0.0489. The standard InChI is InChI=1S/C24H21F5O3S/c1-3-31-21(30)9-6-15-10-19(25)22(20(26)11-15)32-12-17-18(13-33-23(17)24(27,28)29)16-7-4-14(2)5-8-16/h4-5,7-8,10-11,13H,3,6,9,12H2,1-2H3. The average Bonchev–Trinajstić information content (AvgIpc) is 3.17. The van der Waals surface area contributed by atoms with Crippen LogP contribution < -0.4 is 4.74 Å². The predicted molar refractivity (Wildman–Crippen MR) is 115 cm³/mol. The Labute approximate surface area is 191 Å². The van der Waals surface area contributed by atoms with Gasteiger partial charge in [0.05, 0.1) is 6.61 Å². The first-order chi connectivity index (χ1) is 15.6. The molecule has 0 aliphatic heterocycles. The lowest BCUT2D eigenvalue weighted by molar-refractivity contribution is -0.143. The molecule has 3 rings (SSSR count). The van der Waals surface area contributed by atoms with Gasteiger partial charge in [0.15, 0.2) is 17.4 Å². The van der Waals surface area contributed by atoms with Crippen LogP contribution in [0.2, 0.25) is 0 Å². The molecule has 0 radical (unpaired) electrons. The Balaban J connectivity index is 1.85. The first-order valence-corrected chi connectivity index (χ1v) is 11.0. The molecule has 3 aromatic rings. The van der Waals surface area contributed by atoms with Gasteiger partial charge in [-0.15, -0.1) is 11.3 Å². The number of esters is 1. The lowest BCUT2D eigenvalue weighted by atomic mass is 10.0. The number of halogens is 5. The van der Waals surface area contributed by atoms with Crippen molar-refractivity contribution < 1.29 is 36.2 Å². The van der Waals surface area contributed by atoms with Crippen LogP contribution in [0.3, 0.4) is 0 Å². The van der Waals surface area contributed by atoms with Crippen LogP contribution in [0.1, 0.15) is 34.9 Å². The number of hydrogen-bond donors (Lipinski definition) is 0. The molecule has 0 unspecified atom stereocenters. The maximum Gasteiger partial charge on any atom is 0.426 e. The Morgan fingerprint density at radius 1 is 1.06 bits per heavy atom. The lowest BCUT2D eigenvalue weighted by Gasteiger charge is -2.14. The van der Waals surface area contributed by atoms with Crippen LogP contribution in [0, 0.1) is 18.6 Å². The second-order valence-corrected chi connectivity index (χ2v) is 8.18. The molecule has 0 amide bonds. The molecule has 1 aromatic heterocycles. The van der Waals surface area contributed by atoms with E-state index in [2.05, 4.69) is 0 Å². The van der Waals surface area contributed by atoms with E-state index in [1.165, 1.54) is 5.38 Å². The molecule has 176 valence electrons. The molecule has 1 heterocycles. The fourth-order valence-corrected chi connectivity index (χ4v) is 4.22. The Morgan fingerprint density at radius 2 is 1.70 bits per heavy atom. The van der Waals surface area contributed by atoms with Gasteiger partial charge in [-0.1, -0.05) is 29.8 Å². The van der Waals surface area contributed by atoms with Crippen molar-refractivity contribution in [2.24, 2.45) is 0 Å². The summed E-state index contributed by atoms with van der Waals surface area (Å²) >= 11 is 0.505. The lowest BCUT2D eigenvalue weighted by Crippen LogP contribution is -2.10. The minimum Gasteiger partial charge on any atom is -0.483 e. The maximum absolute atomic E-state index is 14.5. The van der Waals surface area contributed by atoms with Gasteiger partial charge in [0, 0.05) is 12.0 Å². The van der Waals surface area contributed by atoms with Crippen molar-refractivity contribution in [2.75, 3.05) is 6.61 Å². The van der Waals surface area contributed by atoms with Crippen LogP contribution in [0.4, 0.5) is 22.0 Å². The van der Waals surface area contributed by atoms with Gasteiger partial charge >= 0.3 is 12.1 Å². The zero-order chi connectivity index (χ0) is 24.2. The Hall–Kier alpha value is -2.94. The van der Waals surface area contributed by atoms with E-state index in [1.807, 2.05) is 6.92 Å². The van der Waals surface area contributed by atoms with Gasteiger partial charge in [-0.05, 0) is 54.5 Å². The summed E-state index contributed by atoms with van der Waals surface area (Å²) < 4.78 is 79.7. The highest BCUT2D eigenvalue weighted by Gasteiger charge is 2.37. The van der Waals surface area contributed by atoms with Crippen LogP contribution >= 0.6 is 11.3 Å². The average molecular weight is 484 g/mol. The molecule has 0 fully saturated rings. The van der Waals surface area contributed by atoms with Crippen LogP contribution in [-0.2, 0) is 28.7 Å². The SMILES string of the molecule is CCOC(=O)CCc1cc(F)c(OCc2c(-c3ccc(C)cc3)csc2C(F)(F)F)c(F)c1. The number of benzene rings is 2. The van der Waals surface area contributed by atoms with E-state index in [-0.39, 0.29) is 30.6 Å². The second-order valence-electron chi connectivity index (χ2n) is 7.30. The molecule has 3 nitrogen and oxygen atoms in total. The third kappa shape index (κ3) is 6.10. The predicted octanol–water partition coefficient (Wildman–Crippen LogP) is 7.10. The van der Waals surface area contributed by atoms with E-state index in [0.29, 0.717) is 22.5 Å². The normalized spacial score (nSPS) is 11.5. The summed E-state index contributed by atoms with van der Waals surface area (Å²) in [4.78, 5) is 10.6. The molecule has 0 N–H and O–H groups in total. The van der Waals surface area contributed by atoms with Gasteiger partial charge in [-0.3, -0.25) is 4.79 Å². The van der Waals surface area contributed by atoms with E-state index >= 15 is 0 Å². The molecule has 0 bridgehead atoms. The molecule has 0 aliphatic rings. The van der Waals surface area contributed by atoms with Crippen molar-refractivity contribution in [3.8, 4) is 16.9 Å². The fourth-order valence-electron chi connectivity index (χ4n) is 3.26. The summed E-state index contributed by atoms with van der Waals surface area (Å²) in [7, 11) is 0. The molecule has 33 heavy (non-hydrogen) atoms. The summed E-state index contributed by atoms with van der Waals surface area (Å²) in [5.41, 5.74) is 1.79. The van der Waals surface area contributed by atoms with Crippen molar-refractivity contribution >= 4 is 17.3 Å². The van der Waals surface area contributed by atoms with Crippen molar-refractivity contribution in [1.82, 2.24) is 0 Å². The van der Waals surface area contributed by atoms with Gasteiger partial charge in [-0.2, -0.15) is 13.2 Å². The molecule has 2 aromatic carbocycles. The summed E-state index contributed by atoms with van der Waals surface area (Å²) in [5, 5.41) is 1.36. The number of alkyl halides is 3. The quantitative estimate of drug-likeness (QED) is 0.253. The first-order valence-electron chi connectivity index (χ1n) is 10.1. The number of carbonyl (C=O) groups excluding carboxylic acids is 1. The Morgan fingerprint density at radius 3 is 2.27 bits per heavy atom. The van der Waals surface area contributed by atoms with Crippen LogP contribution in [0.15, 0.2) is 41.8 Å². The number of hydrogen-bond acceptors (Lipinski definition) is 4. The van der Waals surface area contributed by atoms with Gasteiger partial charge < -0.3 is 9.47 Å². The number of carbonyl (C=O) groups is 1. The summed E-state index contributed by atoms with van der Waals surface area (Å²) in [5.74, 6) is -3.40. The molecule has 0 saturated carbocycles. The zero-order valence-corrected chi connectivity index (χ0v) is 18.7. The topological polar surface area (TPSA) is 35.5 Å². The number of ether oxygens (including phenoxy) is 2. The maximum atomic E-state index is 14.5. The zero-order valence-electron chi connectivity index (χ0n) is 17.9. The Bertz CT molecular complexity index is 1100. The monoisotopic (exact) mass is 484 g/mol. The third-order valence-electron chi connectivity index (χ3n) is 4.86. The Kier molecular flexibility index (Phi) is 7.73. The molecule has 0 saturated heterocycles. The minimum atomic E-state index is -4.64. The largest absolute Gasteiger partial charge is 0.483 e. The molecular weight excluding hydrogens is 463 g/mol. The molecular formula is C24H21F5O3S. The van der Waals surface area contributed by atoms with E-state index in [4.69, 9.17) is 9.47 Å². The fraction of sp³-hybridized carbons (Fsp3) is 0.292. The first kappa shape index (κ1) is 24.7. The van der Waals surface area contributed by atoms with Gasteiger partial charge in [-0.25, -0.2) is 8.78 Å². The van der Waals surface area contributed by atoms with Crippen molar-refractivity contribution in [3.63, 3.8) is 0 Å². The van der Waals surface area contributed by atoms with Crippen molar-refractivity contribution in [2.45, 2.75) is 39.5 Å². The number of rotatable bonds is 8. The van der Waals surface area contributed by atoms with Crippen LogP contribution in [0.5, 0.6) is 5.75 Å². The third-order valence-corrected chi connectivity index (χ3v) is 5.92. The summed E-state index contributed by atoms with van der Waals surface area (Å²) in [6.45, 7) is 3.02. The molecule has 0 spiro atoms. The highest BCUT2D eigenvalue weighted by Crippen LogP contribution is 2.42. The number of aryl methyl sites for hydroxylation is 2. The van der Waals surface area contributed by atoms with E-state index in [1.54, 1.807) is 31.2 Å². The highest BCUT2D eigenvalue weighted by molar-refractivity contribution is 7.10. The molecule has 9 heteroatoms. The smallest absolute Gasteiger partial charge is 0.426 e.